The van der Waals surface area contributed by atoms with Gasteiger partial charge in [0.2, 0.25) is 10.0 Å². The Kier molecular flexibility index (Phi) is 5.15. The van der Waals surface area contributed by atoms with Gasteiger partial charge >= 0.3 is 0 Å². The average molecular weight is 425 g/mol. The van der Waals surface area contributed by atoms with Gasteiger partial charge in [-0.1, -0.05) is 11.8 Å². The minimum atomic E-state index is -3.79. The lowest BCUT2D eigenvalue weighted by Crippen LogP contribution is -2.45. The zero-order valence-corrected chi connectivity index (χ0v) is 17.2. The maximum absolute atomic E-state index is 14.8. The Hall–Kier alpha value is -1.98. The highest BCUT2D eigenvalue weighted by Gasteiger charge is 2.36. The molecule has 1 aliphatic heterocycles. The molecule has 0 amide bonds. The van der Waals surface area contributed by atoms with Crippen LogP contribution < -0.4 is 0 Å². The van der Waals surface area contributed by atoms with Crippen LogP contribution in [-0.4, -0.2) is 62.1 Å². The predicted octanol–water partition coefficient (Wildman–Crippen LogP) is 1.84. The van der Waals surface area contributed by atoms with Crippen molar-refractivity contribution in [3.8, 4) is 0 Å². The van der Waals surface area contributed by atoms with E-state index >= 15 is 0 Å². The van der Waals surface area contributed by atoms with E-state index in [0.29, 0.717) is 29.8 Å². The Morgan fingerprint density at radius 2 is 2.11 bits per heavy atom. The van der Waals surface area contributed by atoms with Crippen molar-refractivity contribution in [2.24, 2.45) is 20.0 Å². The molecule has 0 N–H and O–H groups in total. The first-order chi connectivity index (χ1) is 13.4. The summed E-state index contributed by atoms with van der Waals surface area (Å²) in [6.45, 7) is 0.152. The number of hydrogen-bond donors (Lipinski definition) is 0. The number of aromatic nitrogens is 5. The van der Waals surface area contributed by atoms with Crippen LogP contribution in [0.25, 0.3) is 11.0 Å². The van der Waals surface area contributed by atoms with Gasteiger partial charge in [-0.2, -0.15) is 9.40 Å². The number of piperidine rings is 1. The molecule has 0 radical (unpaired) electrons. The summed E-state index contributed by atoms with van der Waals surface area (Å²) in [6.07, 6.45) is 5.69. The maximum atomic E-state index is 14.8. The highest BCUT2D eigenvalue weighted by Crippen LogP contribution is 2.30. The van der Waals surface area contributed by atoms with Gasteiger partial charge in [0.05, 0.1) is 6.20 Å². The van der Waals surface area contributed by atoms with Crippen LogP contribution in [-0.2, 0) is 24.1 Å². The van der Waals surface area contributed by atoms with Crippen molar-refractivity contribution in [2.75, 3.05) is 18.8 Å². The van der Waals surface area contributed by atoms with Gasteiger partial charge in [-0.25, -0.2) is 22.8 Å². The van der Waals surface area contributed by atoms with Crippen molar-refractivity contribution in [2.45, 2.75) is 22.6 Å². The molecule has 4 heterocycles. The van der Waals surface area contributed by atoms with E-state index in [1.165, 1.54) is 22.3 Å². The second-order valence-electron chi connectivity index (χ2n) is 6.91. The van der Waals surface area contributed by atoms with Crippen molar-refractivity contribution in [3.05, 3.63) is 30.9 Å². The normalized spacial score (nSPS) is 21.4. The summed E-state index contributed by atoms with van der Waals surface area (Å²) in [5, 5.41) is 5.55. The highest BCUT2D eigenvalue weighted by molar-refractivity contribution is 7.99. The standard InChI is InChI=1S/C17H21FN6O2S2/c1-22-6-4-19-17(22)27-11-12-3-5-24(10-15(12)18)28(25,26)14-7-13-8-21-23(2)16(13)20-9-14/h4,6-9,12,15H,3,5,10-11H2,1-2H3/t12-,15+/m0/s1. The van der Waals surface area contributed by atoms with Crippen molar-refractivity contribution in [1.82, 2.24) is 28.6 Å². The lowest BCUT2D eigenvalue weighted by Gasteiger charge is -2.33. The molecule has 0 bridgehead atoms. The molecule has 28 heavy (non-hydrogen) atoms. The summed E-state index contributed by atoms with van der Waals surface area (Å²) in [4.78, 5) is 8.49. The highest BCUT2D eigenvalue weighted by atomic mass is 32.2. The van der Waals surface area contributed by atoms with E-state index in [1.54, 1.807) is 30.2 Å². The van der Waals surface area contributed by atoms with Crippen LogP contribution >= 0.6 is 11.8 Å². The number of hydrogen-bond acceptors (Lipinski definition) is 6. The lowest BCUT2D eigenvalue weighted by molar-refractivity contribution is 0.146. The van der Waals surface area contributed by atoms with E-state index in [2.05, 4.69) is 15.1 Å². The summed E-state index contributed by atoms with van der Waals surface area (Å²) < 4.78 is 45.3. The predicted molar refractivity (Wildman–Crippen MR) is 104 cm³/mol. The second kappa shape index (κ2) is 7.45. The van der Waals surface area contributed by atoms with Crippen LogP contribution in [0.2, 0.25) is 0 Å². The lowest BCUT2D eigenvalue weighted by atomic mass is 9.98. The number of fused-ring (bicyclic) bond motifs is 1. The van der Waals surface area contributed by atoms with Gasteiger partial charge in [0.25, 0.3) is 0 Å². The third-order valence-corrected chi connectivity index (χ3v) is 8.10. The Bertz CT molecular complexity index is 1100. The minimum absolute atomic E-state index is 0.0704. The number of aryl methyl sites for hydroxylation is 2. The van der Waals surface area contributed by atoms with E-state index < -0.39 is 16.2 Å². The van der Waals surface area contributed by atoms with Gasteiger partial charge in [0.15, 0.2) is 10.8 Å². The molecule has 3 aromatic heterocycles. The summed E-state index contributed by atoms with van der Waals surface area (Å²) >= 11 is 1.50. The number of pyridine rings is 1. The first-order valence-electron chi connectivity index (χ1n) is 8.88. The first kappa shape index (κ1) is 19.3. The molecule has 2 atom stereocenters. The van der Waals surface area contributed by atoms with Crippen LogP contribution in [0.5, 0.6) is 0 Å². The molecule has 4 rings (SSSR count). The molecular weight excluding hydrogens is 403 g/mol. The largest absolute Gasteiger partial charge is 0.329 e. The molecular formula is C17H21FN6O2S2. The number of alkyl halides is 1. The van der Waals surface area contributed by atoms with E-state index in [-0.39, 0.29) is 17.4 Å². The molecule has 11 heteroatoms. The average Bonchev–Trinajstić information content (AvgIpc) is 3.26. The minimum Gasteiger partial charge on any atom is -0.329 e. The molecule has 1 saturated heterocycles. The smallest absolute Gasteiger partial charge is 0.244 e. The zero-order chi connectivity index (χ0) is 19.9. The third kappa shape index (κ3) is 3.53. The summed E-state index contributed by atoms with van der Waals surface area (Å²) in [5.74, 6) is 0.371. The Morgan fingerprint density at radius 1 is 1.29 bits per heavy atom. The summed E-state index contributed by atoms with van der Waals surface area (Å²) in [7, 11) is -0.160. The fraction of sp³-hybridized carbons (Fsp3) is 0.471. The van der Waals surface area contributed by atoms with Gasteiger partial charge in [-0.3, -0.25) is 4.68 Å². The van der Waals surface area contributed by atoms with Gasteiger partial charge in [-0.05, 0) is 12.5 Å². The SMILES string of the molecule is Cn1ccnc1SC[C@@H]1CCN(S(=O)(=O)c2cnc3c(cnn3C)c2)C[C@H]1F. The van der Waals surface area contributed by atoms with E-state index in [0.717, 1.165) is 5.16 Å². The van der Waals surface area contributed by atoms with E-state index in [9.17, 15) is 12.8 Å². The molecule has 150 valence electrons. The van der Waals surface area contributed by atoms with Crippen LogP contribution in [0, 0.1) is 5.92 Å². The molecule has 0 spiro atoms. The maximum Gasteiger partial charge on any atom is 0.244 e. The molecule has 1 aliphatic rings. The van der Waals surface area contributed by atoms with Crippen molar-refractivity contribution in [3.63, 3.8) is 0 Å². The van der Waals surface area contributed by atoms with Crippen LogP contribution in [0.3, 0.4) is 0 Å². The van der Waals surface area contributed by atoms with Crippen molar-refractivity contribution < 1.29 is 12.8 Å². The molecule has 0 unspecified atom stereocenters. The number of thioether (sulfide) groups is 1. The summed E-state index contributed by atoms with van der Waals surface area (Å²) in [5.41, 5.74) is 0.604. The number of halogens is 1. The molecule has 0 saturated carbocycles. The van der Waals surface area contributed by atoms with Crippen LogP contribution in [0.4, 0.5) is 4.39 Å². The number of nitrogens with zero attached hydrogens (tertiary/aromatic N) is 6. The molecule has 0 aromatic carbocycles. The van der Waals surface area contributed by atoms with E-state index in [1.807, 2.05) is 17.8 Å². The van der Waals surface area contributed by atoms with Crippen molar-refractivity contribution in [1.29, 1.82) is 0 Å². The molecule has 1 fully saturated rings. The Morgan fingerprint density at radius 3 is 2.82 bits per heavy atom. The monoisotopic (exact) mass is 424 g/mol. The van der Waals surface area contributed by atoms with E-state index in [4.69, 9.17) is 0 Å². The number of imidazole rings is 1. The van der Waals surface area contributed by atoms with Gasteiger partial charge in [0, 0.05) is 62.8 Å². The van der Waals surface area contributed by atoms with Gasteiger partial charge in [-0.15, -0.1) is 0 Å². The zero-order valence-electron chi connectivity index (χ0n) is 15.6. The summed E-state index contributed by atoms with van der Waals surface area (Å²) in [6, 6.07) is 1.54. The Balaban J connectivity index is 1.45. The third-order valence-electron chi connectivity index (χ3n) is 5.03. The Labute approximate surface area is 166 Å². The molecule has 3 aromatic rings. The second-order valence-corrected chi connectivity index (χ2v) is 9.84. The van der Waals surface area contributed by atoms with Crippen LogP contribution in [0.15, 0.2) is 40.9 Å². The molecule has 0 aliphatic carbocycles. The van der Waals surface area contributed by atoms with Crippen molar-refractivity contribution >= 4 is 32.8 Å². The fourth-order valence-corrected chi connectivity index (χ4v) is 5.90. The van der Waals surface area contributed by atoms with Crippen LogP contribution in [0.1, 0.15) is 6.42 Å². The first-order valence-corrected chi connectivity index (χ1v) is 11.3. The number of rotatable bonds is 5. The molecule has 8 nitrogen and oxygen atoms in total. The quantitative estimate of drug-likeness (QED) is 0.581. The number of sulfonamides is 1. The van der Waals surface area contributed by atoms with Gasteiger partial charge in [0.1, 0.15) is 11.1 Å². The fourth-order valence-electron chi connectivity index (χ4n) is 3.32. The topological polar surface area (TPSA) is 85.9 Å². The van der Waals surface area contributed by atoms with Gasteiger partial charge < -0.3 is 4.57 Å².